The van der Waals surface area contributed by atoms with Crippen molar-refractivity contribution in [3.8, 4) is 5.75 Å². The molecule has 0 aromatic heterocycles. The molecule has 0 spiro atoms. The number of amides is 1. The van der Waals surface area contributed by atoms with Crippen LogP contribution >= 0.6 is 0 Å². The van der Waals surface area contributed by atoms with Gasteiger partial charge < -0.3 is 20.9 Å². The molecule has 2 rings (SSSR count). The summed E-state index contributed by atoms with van der Waals surface area (Å²) in [5, 5.41) is 11.7. The van der Waals surface area contributed by atoms with Crippen molar-refractivity contribution in [1.82, 2.24) is 0 Å². The first-order chi connectivity index (χ1) is 9.51. The van der Waals surface area contributed by atoms with Crippen molar-refractivity contribution in [2.24, 2.45) is 11.7 Å². The van der Waals surface area contributed by atoms with Crippen LogP contribution in [0.25, 0.3) is 0 Å². The highest BCUT2D eigenvalue weighted by molar-refractivity contribution is 6.01. The van der Waals surface area contributed by atoms with E-state index >= 15 is 0 Å². The topological polar surface area (TPSA) is 102 Å². The van der Waals surface area contributed by atoms with Gasteiger partial charge in [-0.2, -0.15) is 0 Å². The van der Waals surface area contributed by atoms with E-state index in [0.29, 0.717) is 11.7 Å². The van der Waals surface area contributed by atoms with Crippen LogP contribution in [0.4, 0.5) is 5.69 Å². The van der Waals surface area contributed by atoms with Gasteiger partial charge in [0.2, 0.25) is 5.91 Å². The summed E-state index contributed by atoms with van der Waals surface area (Å²) < 4.78 is 5.03. The molecule has 1 aliphatic carbocycles. The third-order valence-corrected chi connectivity index (χ3v) is 3.38. The van der Waals surface area contributed by atoms with Crippen LogP contribution in [0.15, 0.2) is 18.2 Å². The first kappa shape index (κ1) is 14.3. The summed E-state index contributed by atoms with van der Waals surface area (Å²) in [7, 11) is 1.48. The Bertz CT molecular complexity index is 526. The molecule has 20 heavy (non-hydrogen) atoms. The lowest BCUT2D eigenvalue weighted by molar-refractivity contribution is -0.116. The van der Waals surface area contributed by atoms with Crippen LogP contribution in [-0.4, -0.2) is 30.1 Å². The Hall–Kier alpha value is -2.08. The second kappa shape index (κ2) is 5.92. The maximum absolute atomic E-state index is 11.9. The third kappa shape index (κ3) is 3.48. The maximum atomic E-state index is 11.9. The molecule has 108 valence electrons. The first-order valence-corrected chi connectivity index (χ1v) is 6.48. The number of anilines is 1. The number of nitrogens with one attached hydrogen (secondary N) is 1. The van der Waals surface area contributed by atoms with Crippen LogP contribution in [-0.2, 0) is 4.79 Å². The van der Waals surface area contributed by atoms with Gasteiger partial charge in [-0.25, -0.2) is 4.79 Å². The third-order valence-electron chi connectivity index (χ3n) is 3.38. The number of carboxylic acid groups (broad SMARTS) is 1. The zero-order chi connectivity index (χ0) is 14.7. The normalized spacial score (nSPS) is 15.5. The molecular weight excluding hydrogens is 260 g/mol. The molecule has 1 amide bonds. The highest BCUT2D eigenvalue weighted by atomic mass is 16.5. The van der Waals surface area contributed by atoms with Crippen molar-refractivity contribution in [2.75, 3.05) is 12.4 Å². The van der Waals surface area contributed by atoms with Gasteiger partial charge in [0, 0.05) is 18.5 Å². The van der Waals surface area contributed by atoms with Gasteiger partial charge in [0.05, 0.1) is 18.4 Å². The number of aromatic carboxylic acids is 1. The summed E-state index contributed by atoms with van der Waals surface area (Å²) in [6.45, 7) is 0. The van der Waals surface area contributed by atoms with Crippen LogP contribution in [0.3, 0.4) is 0 Å². The van der Waals surface area contributed by atoms with Crippen molar-refractivity contribution >= 4 is 17.6 Å². The van der Waals surface area contributed by atoms with E-state index in [1.54, 1.807) is 0 Å². The zero-order valence-electron chi connectivity index (χ0n) is 11.3. The molecular formula is C14H18N2O4. The molecule has 0 bridgehead atoms. The van der Waals surface area contributed by atoms with Crippen molar-refractivity contribution in [1.29, 1.82) is 0 Å². The van der Waals surface area contributed by atoms with Crippen LogP contribution < -0.4 is 15.8 Å². The molecule has 0 heterocycles. The lowest BCUT2D eigenvalue weighted by Crippen LogP contribution is -2.29. The maximum Gasteiger partial charge on any atom is 0.337 e. The summed E-state index contributed by atoms with van der Waals surface area (Å²) in [5.74, 6) is -0.476. The van der Waals surface area contributed by atoms with E-state index in [1.165, 1.54) is 25.3 Å². The quantitative estimate of drug-likeness (QED) is 0.731. The van der Waals surface area contributed by atoms with Gasteiger partial charge in [-0.1, -0.05) is 0 Å². The monoisotopic (exact) mass is 278 g/mol. The second-order valence-electron chi connectivity index (χ2n) is 4.97. The Balaban J connectivity index is 2.09. The lowest BCUT2D eigenvalue weighted by atomic mass is 10.1. The van der Waals surface area contributed by atoms with E-state index in [0.717, 1.165) is 12.8 Å². The van der Waals surface area contributed by atoms with Gasteiger partial charge in [0.1, 0.15) is 5.75 Å². The lowest BCUT2D eigenvalue weighted by Gasteiger charge is -2.13. The predicted octanol–water partition coefficient (Wildman–Crippen LogP) is 1.46. The fourth-order valence-electron chi connectivity index (χ4n) is 2.05. The number of methoxy groups -OCH3 is 1. The van der Waals surface area contributed by atoms with Crippen molar-refractivity contribution in [2.45, 2.75) is 25.3 Å². The minimum absolute atomic E-state index is 0.0270. The van der Waals surface area contributed by atoms with Gasteiger partial charge in [-0.3, -0.25) is 4.79 Å². The van der Waals surface area contributed by atoms with E-state index in [2.05, 4.69) is 5.32 Å². The number of ether oxygens (including phenoxy) is 1. The zero-order valence-corrected chi connectivity index (χ0v) is 11.3. The van der Waals surface area contributed by atoms with Crippen molar-refractivity contribution < 1.29 is 19.4 Å². The Morgan fingerprint density at radius 1 is 1.50 bits per heavy atom. The average molecular weight is 278 g/mol. The van der Waals surface area contributed by atoms with E-state index in [-0.39, 0.29) is 29.6 Å². The molecule has 0 radical (unpaired) electrons. The molecule has 4 N–H and O–H groups in total. The number of nitrogens with two attached hydrogens (primary N) is 1. The smallest absolute Gasteiger partial charge is 0.337 e. The number of carbonyl (C=O) groups excluding carboxylic acids is 1. The Morgan fingerprint density at radius 2 is 2.20 bits per heavy atom. The van der Waals surface area contributed by atoms with Gasteiger partial charge in [0.25, 0.3) is 0 Å². The number of rotatable bonds is 6. The minimum atomic E-state index is -1.10. The number of hydrogen-bond donors (Lipinski definition) is 3. The molecule has 1 atom stereocenters. The van der Waals surface area contributed by atoms with Crippen LogP contribution in [0.2, 0.25) is 0 Å². The van der Waals surface area contributed by atoms with E-state index < -0.39 is 5.97 Å². The SMILES string of the molecule is COc1ccc(C(=O)O)c(NC(=O)CC(N)C2CC2)c1. The van der Waals surface area contributed by atoms with E-state index in [9.17, 15) is 9.59 Å². The Kier molecular flexibility index (Phi) is 4.24. The van der Waals surface area contributed by atoms with Crippen LogP contribution in [0.5, 0.6) is 5.75 Å². The summed E-state index contributed by atoms with van der Waals surface area (Å²) in [5.41, 5.74) is 6.14. The molecule has 1 saturated carbocycles. The average Bonchev–Trinajstić information content (AvgIpc) is 3.22. The Morgan fingerprint density at radius 3 is 2.75 bits per heavy atom. The van der Waals surface area contributed by atoms with Gasteiger partial charge in [0.15, 0.2) is 0 Å². The number of carbonyl (C=O) groups is 2. The minimum Gasteiger partial charge on any atom is -0.497 e. The molecule has 6 nitrogen and oxygen atoms in total. The molecule has 1 aromatic rings. The largest absolute Gasteiger partial charge is 0.497 e. The van der Waals surface area contributed by atoms with Crippen molar-refractivity contribution in [3.05, 3.63) is 23.8 Å². The summed E-state index contributed by atoms with van der Waals surface area (Å²) in [6.07, 6.45) is 2.32. The highest BCUT2D eigenvalue weighted by Gasteiger charge is 2.30. The second-order valence-corrected chi connectivity index (χ2v) is 4.97. The number of carboxylic acids is 1. The predicted molar refractivity (Wildman–Crippen MR) is 73.9 cm³/mol. The molecule has 1 unspecified atom stereocenters. The van der Waals surface area contributed by atoms with Crippen LogP contribution in [0, 0.1) is 5.92 Å². The summed E-state index contributed by atoms with van der Waals surface area (Å²) in [4.78, 5) is 23.0. The number of hydrogen-bond acceptors (Lipinski definition) is 4. The summed E-state index contributed by atoms with van der Waals surface area (Å²) >= 11 is 0. The molecule has 0 saturated heterocycles. The van der Waals surface area contributed by atoms with Gasteiger partial charge in [-0.05, 0) is 30.9 Å². The van der Waals surface area contributed by atoms with E-state index in [1.807, 2.05) is 0 Å². The molecule has 0 aliphatic heterocycles. The Labute approximate surface area is 116 Å². The molecule has 1 fully saturated rings. The fraction of sp³-hybridized carbons (Fsp3) is 0.429. The van der Waals surface area contributed by atoms with E-state index in [4.69, 9.17) is 15.6 Å². The number of benzene rings is 1. The van der Waals surface area contributed by atoms with Gasteiger partial charge >= 0.3 is 5.97 Å². The summed E-state index contributed by atoms with van der Waals surface area (Å²) in [6, 6.07) is 4.27. The van der Waals surface area contributed by atoms with Gasteiger partial charge in [-0.15, -0.1) is 0 Å². The molecule has 1 aliphatic rings. The first-order valence-electron chi connectivity index (χ1n) is 6.48. The highest BCUT2D eigenvalue weighted by Crippen LogP contribution is 2.33. The van der Waals surface area contributed by atoms with Crippen LogP contribution in [0.1, 0.15) is 29.6 Å². The molecule has 6 heteroatoms. The fourth-order valence-corrected chi connectivity index (χ4v) is 2.05. The standard InChI is InChI=1S/C14H18N2O4/c1-20-9-4-5-10(14(18)19)12(6-9)16-13(17)7-11(15)8-2-3-8/h4-6,8,11H,2-3,7,15H2,1H3,(H,16,17)(H,18,19). The van der Waals surface area contributed by atoms with Crippen molar-refractivity contribution in [3.63, 3.8) is 0 Å². The molecule has 1 aromatic carbocycles.